The van der Waals surface area contributed by atoms with E-state index in [9.17, 15) is 14.4 Å². The van der Waals surface area contributed by atoms with Crippen LogP contribution < -0.4 is 5.32 Å². The van der Waals surface area contributed by atoms with E-state index in [0.29, 0.717) is 6.42 Å². The number of amides is 1. The Morgan fingerprint density at radius 3 is 2.60 bits per heavy atom. The van der Waals surface area contributed by atoms with E-state index in [4.69, 9.17) is 0 Å². The number of rotatable bonds is 3. The molecule has 1 saturated heterocycles. The molecule has 1 aromatic carbocycles. The van der Waals surface area contributed by atoms with E-state index in [1.165, 1.54) is 14.0 Å². The van der Waals surface area contributed by atoms with Crippen molar-refractivity contribution in [1.82, 2.24) is 5.32 Å². The van der Waals surface area contributed by atoms with Crippen molar-refractivity contribution in [2.45, 2.75) is 25.8 Å². The Morgan fingerprint density at radius 2 is 2.00 bits per heavy atom. The van der Waals surface area contributed by atoms with Gasteiger partial charge < -0.3 is 10.1 Å². The molecule has 0 aromatic heterocycles. The zero-order valence-corrected chi connectivity index (χ0v) is 11.5. The van der Waals surface area contributed by atoms with Gasteiger partial charge in [-0.25, -0.2) is 0 Å². The fraction of sp³-hybridized carbons (Fsp3) is 0.400. The molecule has 0 unspecified atom stereocenters. The van der Waals surface area contributed by atoms with E-state index in [-0.39, 0.29) is 12.2 Å². The summed E-state index contributed by atoms with van der Waals surface area (Å²) in [6.45, 7) is 1.44. The van der Waals surface area contributed by atoms with Crippen LogP contribution in [0, 0.1) is 5.41 Å². The summed E-state index contributed by atoms with van der Waals surface area (Å²) in [6, 6.07) is 8.86. The highest BCUT2D eigenvalue weighted by atomic mass is 16.5. The molecule has 0 aliphatic carbocycles. The third-order valence-electron chi connectivity index (χ3n) is 3.64. The van der Waals surface area contributed by atoms with Crippen molar-refractivity contribution in [3.05, 3.63) is 35.9 Å². The number of ether oxygens (including phenoxy) is 1. The lowest BCUT2D eigenvalue weighted by atomic mass is 9.78. The molecule has 0 bridgehead atoms. The zero-order chi connectivity index (χ0) is 14.8. The Bertz CT molecular complexity index is 540. The molecule has 1 aliphatic rings. The largest absolute Gasteiger partial charge is 0.468 e. The maximum absolute atomic E-state index is 12.2. The summed E-state index contributed by atoms with van der Waals surface area (Å²) < 4.78 is 4.61. The molecule has 0 saturated carbocycles. The summed E-state index contributed by atoms with van der Waals surface area (Å²) in [5.74, 6) is -1.28. The Balaban J connectivity index is 2.13. The van der Waals surface area contributed by atoms with E-state index < -0.39 is 23.3 Å². The normalized spacial score (nSPS) is 26.0. The molecule has 1 heterocycles. The van der Waals surface area contributed by atoms with Gasteiger partial charge in [-0.15, -0.1) is 0 Å². The fourth-order valence-corrected chi connectivity index (χ4v) is 2.35. The van der Waals surface area contributed by atoms with E-state index in [1.807, 2.05) is 30.3 Å². The lowest BCUT2D eigenvalue weighted by molar-refractivity contribution is -0.163. The second-order valence-corrected chi connectivity index (χ2v) is 5.18. The van der Waals surface area contributed by atoms with Crippen molar-refractivity contribution in [2.75, 3.05) is 7.11 Å². The number of methoxy groups -OCH3 is 1. The van der Waals surface area contributed by atoms with Gasteiger partial charge in [0.1, 0.15) is 0 Å². The third kappa shape index (κ3) is 2.57. The van der Waals surface area contributed by atoms with Gasteiger partial charge in [-0.3, -0.25) is 14.4 Å². The van der Waals surface area contributed by atoms with Crippen molar-refractivity contribution in [2.24, 2.45) is 5.41 Å². The number of hydrogen-bond donors (Lipinski definition) is 1. The van der Waals surface area contributed by atoms with E-state index >= 15 is 0 Å². The number of nitrogens with one attached hydrogen (secondary N) is 1. The second kappa shape index (κ2) is 5.45. The minimum Gasteiger partial charge on any atom is -0.468 e. The van der Waals surface area contributed by atoms with E-state index in [1.54, 1.807) is 0 Å². The van der Waals surface area contributed by atoms with Gasteiger partial charge in [0, 0.05) is 6.42 Å². The fourth-order valence-electron chi connectivity index (χ4n) is 2.35. The van der Waals surface area contributed by atoms with Crippen LogP contribution in [0.5, 0.6) is 0 Å². The maximum Gasteiger partial charge on any atom is 0.321 e. The molecule has 1 fully saturated rings. The molecule has 1 N–H and O–H groups in total. The molecule has 1 amide bonds. The number of ketones is 1. The molecule has 20 heavy (non-hydrogen) atoms. The highest BCUT2D eigenvalue weighted by molar-refractivity contribution is 6.10. The van der Waals surface area contributed by atoms with Crippen LogP contribution in [-0.2, 0) is 25.5 Å². The summed E-state index contributed by atoms with van der Waals surface area (Å²) in [5.41, 5.74) is -0.452. The predicted octanol–water partition coefficient (Wildman–Crippen LogP) is 0.866. The van der Waals surface area contributed by atoms with Crippen molar-refractivity contribution in [3.63, 3.8) is 0 Å². The van der Waals surface area contributed by atoms with Crippen LogP contribution in [0.4, 0.5) is 0 Å². The van der Waals surface area contributed by atoms with Gasteiger partial charge in [0.15, 0.2) is 11.2 Å². The number of carbonyl (C=O) groups is 3. The quantitative estimate of drug-likeness (QED) is 0.656. The Labute approximate surface area is 117 Å². The molecule has 1 aromatic rings. The Hall–Kier alpha value is -2.17. The standard InChI is InChI=1S/C15H17NO4/c1-15(14(19)20-2)9-12(17)11(16-13(15)18)8-10-6-4-3-5-7-10/h3-7,11H,8-9H2,1-2H3,(H,16,18)/t11-,15+/m0/s1. The van der Waals surface area contributed by atoms with Crippen LogP contribution in [0.15, 0.2) is 30.3 Å². The number of benzene rings is 1. The monoisotopic (exact) mass is 275 g/mol. The summed E-state index contributed by atoms with van der Waals surface area (Å²) in [7, 11) is 1.21. The number of Topliss-reactive ketones (excluding diaryl/α,β-unsaturated/α-hetero) is 1. The first-order valence-electron chi connectivity index (χ1n) is 6.43. The van der Waals surface area contributed by atoms with Gasteiger partial charge in [-0.1, -0.05) is 30.3 Å². The predicted molar refractivity (Wildman–Crippen MR) is 71.8 cm³/mol. The Morgan fingerprint density at radius 1 is 1.35 bits per heavy atom. The van der Waals surface area contributed by atoms with E-state index in [0.717, 1.165) is 5.56 Å². The molecule has 2 rings (SSSR count). The van der Waals surface area contributed by atoms with Gasteiger partial charge in [0.2, 0.25) is 5.91 Å². The maximum atomic E-state index is 12.2. The molecular weight excluding hydrogens is 258 g/mol. The average Bonchev–Trinajstić information content (AvgIpc) is 2.45. The number of esters is 1. The van der Waals surface area contributed by atoms with Crippen LogP contribution in [0.3, 0.4) is 0 Å². The SMILES string of the molecule is COC(=O)[C@]1(C)CC(=O)[C@H](Cc2ccccc2)NC1=O. The van der Waals surface area contributed by atoms with Crippen LogP contribution >= 0.6 is 0 Å². The minimum absolute atomic E-state index is 0.122. The van der Waals surface area contributed by atoms with Gasteiger partial charge in [-0.05, 0) is 18.9 Å². The molecule has 1 aliphatic heterocycles. The van der Waals surface area contributed by atoms with Gasteiger partial charge in [0.25, 0.3) is 0 Å². The summed E-state index contributed by atoms with van der Waals surface area (Å²) >= 11 is 0. The third-order valence-corrected chi connectivity index (χ3v) is 3.64. The molecule has 106 valence electrons. The summed E-state index contributed by atoms with van der Waals surface area (Å²) in [5, 5.41) is 2.63. The van der Waals surface area contributed by atoms with Crippen LogP contribution in [0.25, 0.3) is 0 Å². The number of carbonyl (C=O) groups excluding carboxylic acids is 3. The number of piperidine rings is 1. The lowest BCUT2D eigenvalue weighted by Crippen LogP contribution is -2.58. The van der Waals surface area contributed by atoms with Crippen LogP contribution in [-0.4, -0.2) is 30.8 Å². The molecule has 0 spiro atoms. The first kappa shape index (κ1) is 14.2. The minimum atomic E-state index is -1.42. The molecule has 0 radical (unpaired) electrons. The van der Waals surface area contributed by atoms with Crippen molar-refractivity contribution in [3.8, 4) is 0 Å². The summed E-state index contributed by atoms with van der Waals surface area (Å²) in [4.78, 5) is 35.9. The Kier molecular flexibility index (Phi) is 3.88. The van der Waals surface area contributed by atoms with Crippen LogP contribution in [0.2, 0.25) is 0 Å². The topological polar surface area (TPSA) is 72.5 Å². The first-order valence-corrected chi connectivity index (χ1v) is 6.43. The smallest absolute Gasteiger partial charge is 0.321 e. The molecule has 5 heteroatoms. The first-order chi connectivity index (χ1) is 9.47. The average molecular weight is 275 g/mol. The zero-order valence-electron chi connectivity index (χ0n) is 11.5. The van der Waals surface area contributed by atoms with Crippen molar-refractivity contribution in [1.29, 1.82) is 0 Å². The van der Waals surface area contributed by atoms with Gasteiger partial charge in [-0.2, -0.15) is 0 Å². The van der Waals surface area contributed by atoms with Crippen LogP contribution in [0.1, 0.15) is 18.9 Å². The molecule has 2 atom stereocenters. The lowest BCUT2D eigenvalue weighted by Gasteiger charge is -2.33. The number of hydrogen-bond acceptors (Lipinski definition) is 4. The highest BCUT2D eigenvalue weighted by Gasteiger charge is 2.49. The molecular formula is C15H17NO4. The van der Waals surface area contributed by atoms with E-state index in [2.05, 4.69) is 10.1 Å². The van der Waals surface area contributed by atoms with Crippen molar-refractivity contribution >= 4 is 17.7 Å². The summed E-state index contributed by atoms with van der Waals surface area (Å²) in [6.07, 6.45) is 0.311. The second-order valence-electron chi connectivity index (χ2n) is 5.18. The van der Waals surface area contributed by atoms with Crippen molar-refractivity contribution < 1.29 is 19.1 Å². The van der Waals surface area contributed by atoms with Gasteiger partial charge >= 0.3 is 5.97 Å². The molecule has 5 nitrogen and oxygen atoms in total. The highest BCUT2D eigenvalue weighted by Crippen LogP contribution is 2.29. The van der Waals surface area contributed by atoms with Gasteiger partial charge in [0.05, 0.1) is 13.2 Å².